The molecule has 186 valence electrons. The standard InChI is InChI=1S/C26H33ClFN7/c1-17(2)35-11-9-34(10-12-35)8-7-31-21-14-19-13-18(3-6-24(19)32-16-21)26(33-30)25(29)22-15-20(27)4-5-23(22)28/h3-6,13-17,31,33H,7-12,29-30H2,1-2H3/b26-25-. The molecule has 4 rings (SSSR count). The summed E-state index contributed by atoms with van der Waals surface area (Å²) in [4.78, 5) is 9.57. The van der Waals surface area contributed by atoms with Gasteiger partial charge in [-0.2, -0.15) is 0 Å². The van der Waals surface area contributed by atoms with Gasteiger partial charge in [0.05, 0.1) is 28.8 Å². The van der Waals surface area contributed by atoms with Crippen molar-refractivity contribution in [1.82, 2.24) is 20.2 Å². The van der Waals surface area contributed by atoms with Gasteiger partial charge in [-0.25, -0.2) is 4.39 Å². The predicted molar refractivity (Wildman–Crippen MR) is 143 cm³/mol. The van der Waals surface area contributed by atoms with E-state index < -0.39 is 5.82 Å². The number of fused-ring (bicyclic) bond motifs is 1. The number of nitrogens with one attached hydrogen (secondary N) is 2. The summed E-state index contributed by atoms with van der Waals surface area (Å²) in [5.74, 6) is 5.31. The molecule has 0 saturated carbocycles. The normalized spacial score (nSPS) is 15.9. The molecular weight excluding hydrogens is 465 g/mol. The third-order valence-electron chi connectivity index (χ3n) is 6.50. The number of halogens is 2. The van der Waals surface area contributed by atoms with Crippen LogP contribution in [0.2, 0.25) is 5.02 Å². The van der Waals surface area contributed by atoms with Crippen LogP contribution in [0.5, 0.6) is 0 Å². The third-order valence-corrected chi connectivity index (χ3v) is 6.73. The lowest BCUT2D eigenvalue weighted by Gasteiger charge is -2.36. The van der Waals surface area contributed by atoms with Gasteiger partial charge in [0.1, 0.15) is 5.82 Å². The van der Waals surface area contributed by atoms with Crippen LogP contribution >= 0.6 is 11.6 Å². The second-order valence-electron chi connectivity index (χ2n) is 9.09. The maximum absolute atomic E-state index is 14.4. The lowest BCUT2D eigenvalue weighted by molar-refractivity contribution is 0.111. The average molecular weight is 498 g/mol. The highest BCUT2D eigenvalue weighted by Gasteiger charge is 2.18. The van der Waals surface area contributed by atoms with Crippen LogP contribution in [-0.2, 0) is 0 Å². The summed E-state index contributed by atoms with van der Waals surface area (Å²) in [5.41, 5.74) is 12.2. The van der Waals surface area contributed by atoms with Gasteiger partial charge in [-0.15, -0.1) is 0 Å². The molecule has 1 aliphatic heterocycles. The Balaban J connectivity index is 1.48. The van der Waals surface area contributed by atoms with Crippen molar-refractivity contribution in [3.63, 3.8) is 0 Å². The van der Waals surface area contributed by atoms with Crippen molar-refractivity contribution in [2.75, 3.05) is 44.6 Å². The van der Waals surface area contributed by atoms with Crippen LogP contribution in [0.3, 0.4) is 0 Å². The van der Waals surface area contributed by atoms with Crippen LogP contribution in [0.25, 0.3) is 22.3 Å². The van der Waals surface area contributed by atoms with Crippen molar-refractivity contribution in [1.29, 1.82) is 0 Å². The lowest BCUT2D eigenvalue weighted by atomic mass is 10.0. The Labute approximate surface area is 210 Å². The van der Waals surface area contributed by atoms with E-state index in [4.69, 9.17) is 23.2 Å². The van der Waals surface area contributed by atoms with E-state index in [1.807, 2.05) is 30.5 Å². The molecule has 3 aromatic rings. The number of hydrazine groups is 1. The average Bonchev–Trinajstić information content (AvgIpc) is 2.86. The molecule has 1 aromatic heterocycles. The molecule has 6 N–H and O–H groups in total. The first kappa shape index (κ1) is 25.2. The molecule has 0 bridgehead atoms. The molecule has 1 fully saturated rings. The van der Waals surface area contributed by atoms with E-state index in [-0.39, 0.29) is 11.3 Å². The summed E-state index contributed by atoms with van der Waals surface area (Å²) in [6.45, 7) is 10.7. The van der Waals surface area contributed by atoms with E-state index in [2.05, 4.69) is 39.4 Å². The molecule has 2 heterocycles. The quantitative estimate of drug-likeness (QED) is 0.214. The second-order valence-corrected chi connectivity index (χ2v) is 9.52. The third kappa shape index (κ3) is 6.02. The van der Waals surface area contributed by atoms with E-state index in [9.17, 15) is 4.39 Å². The molecule has 0 radical (unpaired) electrons. The Kier molecular flexibility index (Phi) is 8.07. The van der Waals surface area contributed by atoms with Crippen molar-refractivity contribution in [2.24, 2.45) is 11.6 Å². The van der Waals surface area contributed by atoms with Gasteiger partial charge in [-0.1, -0.05) is 17.7 Å². The fourth-order valence-corrected chi connectivity index (χ4v) is 4.57. The lowest BCUT2D eigenvalue weighted by Crippen LogP contribution is -2.49. The van der Waals surface area contributed by atoms with Crippen LogP contribution in [0.4, 0.5) is 10.1 Å². The van der Waals surface area contributed by atoms with Crippen LogP contribution in [0.15, 0.2) is 48.7 Å². The molecule has 0 aliphatic carbocycles. The van der Waals surface area contributed by atoms with Gasteiger partial charge in [0, 0.05) is 66.8 Å². The van der Waals surface area contributed by atoms with Crippen LogP contribution < -0.4 is 22.3 Å². The van der Waals surface area contributed by atoms with E-state index in [1.54, 1.807) is 0 Å². The summed E-state index contributed by atoms with van der Waals surface area (Å²) in [6.07, 6.45) is 1.84. The van der Waals surface area contributed by atoms with E-state index in [0.29, 0.717) is 16.8 Å². The maximum Gasteiger partial charge on any atom is 0.132 e. The second kappa shape index (κ2) is 11.2. The molecule has 0 atom stereocenters. The monoisotopic (exact) mass is 497 g/mol. The number of benzene rings is 2. The molecule has 7 nitrogen and oxygen atoms in total. The SMILES string of the molecule is CC(C)N1CCN(CCNc2cnc3ccc(/C(NN)=C(/N)c4cc(Cl)ccc4F)cc3c2)CC1. The highest BCUT2D eigenvalue weighted by molar-refractivity contribution is 6.30. The van der Waals surface area contributed by atoms with Crippen molar-refractivity contribution < 1.29 is 4.39 Å². The number of nitrogens with zero attached hydrogens (tertiary/aromatic N) is 3. The van der Waals surface area contributed by atoms with Crippen LogP contribution in [-0.4, -0.2) is 60.1 Å². The summed E-state index contributed by atoms with van der Waals surface area (Å²) >= 11 is 6.04. The minimum atomic E-state index is -0.473. The van der Waals surface area contributed by atoms with Gasteiger partial charge in [-0.05, 0) is 50.2 Å². The first-order chi connectivity index (χ1) is 16.9. The predicted octanol–water partition coefficient (Wildman–Crippen LogP) is 3.71. The highest BCUT2D eigenvalue weighted by Crippen LogP contribution is 2.27. The topological polar surface area (TPSA) is 95.5 Å². The van der Waals surface area contributed by atoms with Crippen molar-refractivity contribution in [3.8, 4) is 0 Å². The largest absolute Gasteiger partial charge is 0.396 e. The number of anilines is 1. The van der Waals surface area contributed by atoms with Crippen molar-refractivity contribution in [3.05, 3.63) is 70.6 Å². The fourth-order valence-electron chi connectivity index (χ4n) is 4.40. The molecule has 1 aliphatic rings. The van der Waals surface area contributed by atoms with Gasteiger partial charge in [-0.3, -0.25) is 20.6 Å². The Morgan fingerprint density at radius 3 is 2.60 bits per heavy atom. The summed E-state index contributed by atoms with van der Waals surface area (Å²) in [6, 6.07) is 12.6. The maximum atomic E-state index is 14.4. The zero-order chi connectivity index (χ0) is 24.9. The van der Waals surface area contributed by atoms with Crippen LogP contribution in [0, 0.1) is 5.82 Å². The zero-order valence-corrected chi connectivity index (χ0v) is 20.9. The summed E-state index contributed by atoms with van der Waals surface area (Å²) in [5, 5.41) is 4.80. The first-order valence-corrected chi connectivity index (χ1v) is 12.3. The molecular formula is C26H33ClFN7. The fraction of sp³-hybridized carbons (Fsp3) is 0.346. The number of pyridine rings is 1. The molecule has 0 spiro atoms. The molecule has 0 unspecified atom stereocenters. The minimum absolute atomic E-state index is 0.173. The number of piperazine rings is 1. The Hall–Kier alpha value is -2.91. The number of hydrogen-bond donors (Lipinski definition) is 4. The smallest absolute Gasteiger partial charge is 0.132 e. The Bertz CT molecular complexity index is 1210. The van der Waals surface area contributed by atoms with Gasteiger partial charge < -0.3 is 16.5 Å². The van der Waals surface area contributed by atoms with Gasteiger partial charge in [0.25, 0.3) is 0 Å². The number of rotatable bonds is 8. The molecule has 2 aromatic carbocycles. The summed E-state index contributed by atoms with van der Waals surface area (Å²) < 4.78 is 14.4. The number of aromatic nitrogens is 1. The van der Waals surface area contributed by atoms with Gasteiger partial charge >= 0.3 is 0 Å². The number of hydrogen-bond acceptors (Lipinski definition) is 7. The first-order valence-electron chi connectivity index (χ1n) is 11.9. The van der Waals surface area contributed by atoms with E-state index in [0.717, 1.165) is 61.4 Å². The van der Waals surface area contributed by atoms with E-state index >= 15 is 0 Å². The molecule has 35 heavy (non-hydrogen) atoms. The summed E-state index contributed by atoms with van der Waals surface area (Å²) in [7, 11) is 0. The van der Waals surface area contributed by atoms with Crippen LogP contribution in [0.1, 0.15) is 25.0 Å². The van der Waals surface area contributed by atoms with Gasteiger partial charge in [0.2, 0.25) is 0 Å². The Morgan fingerprint density at radius 1 is 1.11 bits per heavy atom. The highest BCUT2D eigenvalue weighted by atomic mass is 35.5. The van der Waals surface area contributed by atoms with Gasteiger partial charge in [0.15, 0.2) is 0 Å². The van der Waals surface area contributed by atoms with Crippen molar-refractivity contribution >= 4 is 39.6 Å². The number of nitrogens with two attached hydrogens (primary N) is 2. The minimum Gasteiger partial charge on any atom is -0.396 e. The molecule has 9 heteroatoms. The Morgan fingerprint density at radius 2 is 1.89 bits per heavy atom. The molecule has 1 saturated heterocycles. The van der Waals surface area contributed by atoms with Crippen molar-refractivity contribution in [2.45, 2.75) is 19.9 Å². The van der Waals surface area contributed by atoms with E-state index in [1.165, 1.54) is 18.2 Å². The molecule has 0 amide bonds. The zero-order valence-electron chi connectivity index (χ0n) is 20.2.